The van der Waals surface area contributed by atoms with Crippen molar-refractivity contribution in [2.75, 3.05) is 57.4 Å². The molecule has 2 N–H and O–H groups in total. The first-order valence-corrected chi connectivity index (χ1v) is 14.8. The number of aromatic nitrogens is 2. The fourth-order valence-corrected chi connectivity index (χ4v) is 6.73. The molecule has 1 unspecified atom stereocenters. The third-order valence-corrected chi connectivity index (χ3v) is 9.41. The fraction of sp³-hybridized carbons (Fsp3) is 0.640. The molecule has 3 fully saturated rings. The van der Waals surface area contributed by atoms with Gasteiger partial charge in [-0.25, -0.2) is 18.1 Å². The molecule has 3 aliphatic heterocycles. The van der Waals surface area contributed by atoms with Crippen molar-refractivity contribution in [2.24, 2.45) is 5.92 Å². The molecule has 0 saturated carbocycles. The summed E-state index contributed by atoms with van der Waals surface area (Å²) < 4.78 is 76.1. The van der Waals surface area contributed by atoms with Crippen molar-refractivity contribution in [3.63, 3.8) is 0 Å². The first-order valence-electron chi connectivity index (χ1n) is 13.3. The van der Waals surface area contributed by atoms with E-state index >= 15 is 0 Å². The number of carbonyl (C=O) groups excluding carboxylic acids is 2. The lowest BCUT2D eigenvalue weighted by Crippen LogP contribution is -2.59. The van der Waals surface area contributed by atoms with Crippen molar-refractivity contribution in [3.8, 4) is 0 Å². The van der Waals surface area contributed by atoms with Gasteiger partial charge in [-0.2, -0.15) is 13.2 Å². The van der Waals surface area contributed by atoms with Gasteiger partial charge in [0.25, 0.3) is 5.91 Å². The van der Waals surface area contributed by atoms with Crippen molar-refractivity contribution in [1.82, 2.24) is 23.9 Å². The van der Waals surface area contributed by atoms with Gasteiger partial charge in [0.15, 0.2) is 5.60 Å². The molecular formula is C25H33F3N6O6S. The van der Waals surface area contributed by atoms with Gasteiger partial charge in [-0.3, -0.25) is 14.0 Å². The Bertz CT molecular complexity index is 1470. The number of anilines is 1. The summed E-state index contributed by atoms with van der Waals surface area (Å²) in [7, 11) is -4.13. The molecule has 41 heavy (non-hydrogen) atoms. The Hall–Kier alpha value is -2.95. The highest BCUT2D eigenvalue weighted by Crippen LogP contribution is 2.38. The highest BCUT2D eigenvalue weighted by molar-refractivity contribution is 7.89. The molecule has 2 amide bonds. The summed E-state index contributed by atoms with van der Waals surface area (Å²) in [6.45, 7) is 5.95. The largest absolute Gasteiger partial charge is 0.419 e. The van der Waals surface area contributed by atoms with Gasteiger partial charge in [-0.15, -0.1) is 0 Å². The van der Waals surface area contributed by atoms with Crippen molar-refractivity contribution < 1.29 is 41.0 Å². The van der Waals surface area contributed by atoms with Crippen LogP contribution in [0.4, 0.5) is 18.9 Å². The number of aliphatic hydroxyl groups is 1. The zero-order chi connectivity index (χ0) is 30.0. The van der Waals surface area contributed by atoms with E-state index in [2.05, 4.69) is 9.71 Å². The molecule has 0 radical (unpaired) electrons. The van der Waals surface area contributed by atoms with Crippen molar-refractivity contribution >= 4 is 33.0 Å². The van der Waals surface area contributed by atoms with Gasteiger partial charge >= 0.3 is 6.18 Å². The van der Waals surface area contributed by atoms with Crippen molar-refractivity contribution in [3.05, 3.63) is 24.3 Å². The van der Waals surface area contributed by atoms with E-state index in [9.17, 15) is 36.3 Å². The summed E-state index contributed by atoms with van der Waals surface area (Å²) in [5, 5.41) is 10.1. The van der Waals surface area contributed by atoms with Gasteiger partial charge in [0, 0.05) is 51.3 Å². The number of nitrogens with zero attached hydrogens (tertiary/aromatic N) is 5. The van der Waals surface area contributed by atoms with Crippen LogP contribution >= 0.6 is 0 Å². The molecule has 1 atom stereocenters. The minimum Gasteiger partial charge on any atom is -0.379 e. The van der Waals surface area contributed by atoms with Crippen molar-refractivity contribution in [1.29, 1.82) is 0 Å². The molecule has 2 aromatic rings. The number of β-amino-alcohol motifs (C(OH)–C–C–N with tert-alkyl or cyclic N) is 1. The molecule has 0 bridgehead atoms. The SMILES string of the molecule is CC(C)C(=O)N1CCN(c2cc(S(=O)(=O)NC3(C)COC3)cn3c(C(=O)N4CCC(O)(C(F)(F)F)C4)ncc23)CC1. The smallest absolute Gasteiger partial charge is 0.379 e. The second-order valence-electron chi connectivity index (χ2n) is 11.5. The number of likely N-dealkylation sites (tertiary alicyclic amines) is 1. The van der Waals surface area contributed by atoms with E-state index in [1.54, 1.807) is 11.8 Å². The number of alkyl halides is 3. The predicted molar refractivity (Wildman–Crippen MR) is 140 cm³/mol. The van der Waals surface area contributed by atoms with Gasteiger partial charge in [-0.1, -0.05) is 13.8 Å². The molecule has 3 saturated heterocycles. The van der Waals surface area contributed by atoms with Crippen LogP contribution in [0.5, 0.6) is 0 Å². The van der Waals surface area contributed by atoms with Gasteiger partial charge in [0.05, 0.1) is 42.7 Å². The second kappa shape index (κ2) is 10.1. The van der Waals surface area contributed by atoms with Gasteiger partial charge in [0.2, 0.25) is 21.8 Å². The maximum absolute atomic E-state index is 13.5. The Morgan fingerprint density at radius 1 is 1.12 bits per heavy atom. The second-order valence-corrected chi connectivity index (χ2v) is 13.2. The molecule has 226 valence electrons. The third kappa shape index (κ3) is 5.37. The van der Waals surface area contributed by atoms with E-state index in [0.29, 0.717) is 37.4 Å². The molecule has 12 nitrogen and oxygen atoms in total. The van der Waals surface area contributed by atoms with Crippen LogP contribution < -0.4 is 9.62 Å². The van der Waals surface area contributed by atoms with E-state index in [-0.39, 0.29) is 42.3 Å². The molecular weight excluding hydrogens is 569 g/mol. The highest BCUT2D eigenvalue weighted by Gasteiger charge is 2.58. The number of imidazole rings is 1. The average molecular weight is 603 g/mol. The van der Waals surface area contributed by atoms with Crippen LogP contribution in [-0.4, -0.2) is 114 Å². The lowest BCUT2D eigenvalue weighted by atomic mass is 10.0. The van der Waals surface area contributed by atoms with E-state index in [1.165, 1.54) is 22.9 Å². The normalized spacial score (nSPS) is 23.4. The number of piperazine rings is 1. The summed E-state index contributed by atoms with van der Waals surface area (Å²) >= 11 is 0. The van der Waals surface area contributed by atoms with Crippen LogP contribution in [0.2, 0.25) is 0 Å². The summed E-state index contributed by atoms with van der Waals surface area (Å²) in [6, 6.07) is 1.47. The third-order valence-electron chi connectivity index (χ3n) is 7.81. The molecule has 0 aliphatic carbocycles. The Morgan fingerprint density at radius 2 is 1.78 bits per heavy atom. The lowest BCUT2D eigenvalue weighted by Gasteiger charge is -2.38. The topological polar surface area (TPSA) is 137 Å². The van der Waals surface area contributed by atoms with E-state index in [0.717, 1.165) is 4.90 Å². The monoisotopic (exact) mass is 602 g/mol. The Labute approximate surface area is 235 Å². The maximum Gasteiger partial charge on any atom is 0.419 e. The Balaban J connectivity index is 1.52. The fourth-order valence-electron chi connectivity index (χ4n) is 5.34. The minimum absolute atomic E-state index is 0.00736. The molecule has 2 aromatic heterocycles. The van der Waals surface area contributed by atoms with Crippen LogP contribution in [0.15, 0.2) is 23.4 Å². The van der Waals surface area contributed by atoms with E-state index < -0.39 is 46.2 Å². The van der Waals surface area contributed by atoms with Gasteiger partial charge in [-0.05, 0) is 13.0 Å². The molecule has 5 heterocycles. The quantitative estimate of drug-likeness (QED) is 0.497. The van der Waals surface area contributed by atoms with Crippen LogP contribution in [-0.2, 0) is 19.6 Å². The number of fused-ring (bicyclic) bond motifs is 1. The summed E-state index contributed by atoms with van der Waals surface area (Å²) in [5.74, 6) is -1.32. The number of hydrogen-bond acceptors (Lipinski definition) is 8. The number of ether oxygens (including phenoxy) is 1. The summed E-state index contributed by atoms with van der Waals surface area (Å²) in [4.78, 5) is 34.4. The zero-order valence-electron chi connectivity index (χ0n) is 22.9. The summed E-state index contributed by atoms with van der Waals surface area (Å²) in [6.07, 6.45) is -3.02. The first-order chi connectivity index (χ1) is 19.0. The van der Waals surface area contributed by atoms with Crippen LogP contribution in [0, 0.1) is 5.92 Å². The summed E-state index contributed by atoms with van der Waals surface area (Å²) in [5.41, 5.74) is -3.03. The number of rotatable bonds is 6. The Kier molecular flexibility index (Phi) is 7.28. The van der Waals surface area contributed by atoms with Crippen LogP contribution in [0.3, 0.4) is 0 Å². The van der Waals surface area contributed by atoms with Crippen LogP contribution in [0.1, 0.15) is 37.8 Å². The molecule has 5 rings (SSSR count). The molecule has 16 heteroatoms. The molecule has 0 spiro atoms. The molecule has 3 aliphatic rings. The van der Waals surface area contributed by atoms with Crippen LogP contribution in [0.25, 0.3) is 5.52 Å². The van der Waals surface area contributed by atoms with Crippen molar-refractivity contribution in [2.45, 2.75) is 49.4 Å². The number of halogens is 3. The first kappa shape index (κ1) is 29.5. The van der Waals surface area contributed by atoms with Gasteiger partial charge in [0.1, 0.15) is 4.90 Å². The number of nitrogens with one attached hydrogen (secondary N) is 1. The maximum atomic E-state index is 13.5. The number of sulfonamides is 1. The number of pyridine rings is 1. The minimum atomic E-state index is -4.92. The predicted octanol–water partition coefficient (Wildman–Crippen LogP) is 0.845. The number of hydrogen-bond donors (Lipinski definition) is 2. The standard InChI is InChI=1S/C25H33F3N6O6S/c1-16(2)21(35)32-8-6-31(7-9-32)18-10-17(41(38,39)30-23(3)14-40-15-23)12-34-19(18)11-29-20(34)22(36)33-5-4-24(37,13-33)25(26,27)28/h10-12,16,30,37H,4-9,13-15H2,1-3H3. The molecule has 0 aromatic carbocycles. The number of carbonyl (C=O) groups is 2. The lowest BCUT2D eigenvalue weighted by molar-refractivity contribution is -0.253. The number of amides is 2. The van der Waals surface area contributed by atoms with Gasteiger partial charge < -0.3 is 24.5 Å². The van der Waals surface area contributed by atoms with E-state index in [4.69, 9.17) is 4.74 Å². The zero-order valence-corrected chi connectivity index (χ0v) is 23.8. The van der Waals surface area contributed by atoms with E-state index in [1.807, 2.05) is 18.7 Å². The Morgan fingerprint density at radius 3 is 2.32 bits per heavy atom. The average Bonchev–Trinajstić information content (AvgIpc) is 3.51. The highest BCUT2D eigenvalue weighted by atomic mass is 32.2.